The van der Waals surface area contributed by atoms with E-state index in [-0.39, 0.29) is 23.3 Å². The van der Waals surface area contributed by atoms with Crippen molar-refractivity contribution >= 4 is 20.9 Å². The van der Waals surface area contributed by atoms with Crippen LogP contribution in [0.4, 0.5) is 0 Å². The molecule has 25 heavy (non-hydrogen) atoms. The van der Waals surface area contributed by atoms with Crippen molar-refractivity contribution in [1.82, 2.24) is 9.55 Å². The van der Waals surface area contributed by atoms with Gasteiger partial charge < -0.3 is 4.57 Å². The average Bonchev–Trinajstić information content (AvgIpc) is 3.11. The molecule has 2 heterocycles. The fourth-order valence-corrected chi connectivity index (χ4v) is 5.29. The summed E-state index contributed by atoms with van der Waals surface area (Å²) in [6.07, 6.45) is 2.14. The lowest BCUT2D eigenvalue weighted by atomic mass is 10.0. The minimum Gasteiger partial charge on any atom is -0.327 e. The summed E-state index contributed by atoms with van der Waals surface area (Å²) < 4.78 is 25.5. The first kappa shape index (κ1) is 17.4. The van der Waals surface area contributed by atoms with E-state index in [4.69, 9.17) is 5.26 Å². The number of imidazole rings is 1. The molecule has 6 nitrogen and oxygen atoms in total. The van der Waals surface area contributed by atoms with Crippen LogP contribution < -0.4 is 0 Å². The molecule has 130 valence electrons. The molecule has 3 rings (SSSR count). The third-order valence-electron chi connectivity index (χ3n) is 4.72. The number of fused-ring (bicyclic) bond motifs is 1. The van der Waals surface area contributed by atoms with E-state index in [1.807, 2.05) is 28.8 Å². The monoisotopic (exact) mass is 356 g/mol. The maximum atomic E-state index is 11.7. The van der Waals surface area contributed by atoms with E-state index in [0.29, 0.717) is 32.2 Å². The SMILES string of the molecule is N#CCC[C@H](C#N)Cn1c(C[C@H]2CCS(=O)(=O)C2)nc2ccccc21. The van der Waals surface area contributed by atoms with Crippen molar-refractivity contribution in [2.75, 3.05) is 11.5 Å². The number of nitrogens with zero attached hydrogens (tertiary/aromatic N) is 4. The predicted octanol–water partition coefficient (Wildman–Crippen LogP) is 2.46. The molecule has 1 saturated heterocycles. The van der Waals surface area contributed by atoms with Crippen LogP contribution in [0.5, 0.6) is 0 Å². The highest BCUT2D eigenvalue weighted by atomic mass is 32.2. The molecule has 1 fully saturated rings. The van der Waals surface area contributed by atoms with Gasteiger partial charge in [-0.2, -0.15) is 10.5 Å². The van der Waals surface area contributed by atoms with Gasteiger partial charge in [-0.15, -0.1) is 0 Å². The first-order valence-corrected chi connectivity index (χ1v) is 10.3. The third kappa shape index (κ3) is 4.00. The van der Waals surface area contributed by atoms with Crippen LogP contribution in [-0.2, 0) is 22.8 Å². The molecular formula is C18H20N4O2S. The van der Waals surface area contributed by atoms with E-state index < -0.39 is 9.84 Å². The highest BCUT2D eigenvalue weighted by Crippen LogP contribution is 2.26. The molecule has 0 bridgehead atoms. The number of sulfone groups is 1. The Morgan fingerprint density at radius 1 is 1.32 bits per heavy atom. The number of para-hydroxylation sites is 2. The van der Waals surface area contributed by atoms with Gasteiger partial charge in [0.1, 0.15) is 5.82 Å². The van der Waals surface area contributed by atoms with Crippen LogP contribution in [0.3, 0.4) is 0 Å². The molecule has 0 amide bonds. The van der Waals surface area contributed by atoms with E-state index in [9.17, 15) is 13.7 Å². The summed E-state index contributed by atoms with van der Waals surface area (Å²) >= 11 is 0. The van der Waals surface area contributed by atoms with Crippen molar-refractivity contribution in [3.63, 3.8) is 0 Å². The lowest BCUT2D eigenvalue weighted by Gasteiger charge is -2.14. The van der Waals surface area contributed by atoms with E-state index in [0.717, 1.165) is 16.9 Å². The first-order chi connectivity index (χ1) is 12.0. The molecule has 1 aromatic carbocycles. The zero-order valence-electron chi connectivity index (χ0n) is 13.9. The fourth-order valence-electron chi connectivity index (χ4n) is 3.43. The Kier molecular flexibility index (Phi) is 5.06. The number of rotatable bonds is 6. The normalized spacial score (nSPS) is 20.2. The topological polar surface area (TPSA) is 99.5 Å². The standard InChI is InChI=1S/C18H20N4O2S/c19-8-3-4-15(11-20)12-22-17-6-2-1-5-16(17)21-18(22)10-14-7-9-25(23,24)13-14/h1-2,5-6,14-15H,3-4,7,9-10,12-13H2/t14-,15-/m1/s1. The largest absolute Gasteiger partial charge is 0.327 e. The highest BCUT2D eigenvalue weighted by molar-refractivity contribution is 7.91. The summed E-state index contributed by atoms with van der Waals surface area (Å²) in [4.78, 5) is 4.69. The van der Waals surface area contributed by atoms with Crippen LogP contribution in [0, 0.1) is 34.5 Å². The second-order valence-electron chi connectivity index (χ2n) is 6.62. The minimum absolute atomic E-state index is 0.0835. The maximum absolute atomic E-state index is 11.7. The van der Waals surface area contributed by atoms with Gasteiger partial charge in [0.05, 0.1) is 40.6 Å². The molecular weight excluding hydrogens is 336 g/mol. The zero-order chi connectivity index (χ0) is 17.9. The van der Waals surface area contributed by atoms with Gasteiger partial charge in [-0.05, 0) is 30.9 Å². The second-order valence-corrected chi connectivity index (χ2v) is 8.85. The van der Waals surface area contributed by atoms with E-state index in [1.54, 1.807) is 0 Å². The molecule has 2 aromatic rings. The average molecular weight is 356 g/mol. The summed E-state index contributed by atoms with van der Waals surface area (Å²) in [6.45, 7) is 0.480. The zero-order valence-corrected chi connectivity index (χ0v) is 14.7. The summed E-state index contributed by atoms with van der Waals surface area (Å²) in [6, 6.07) is 12.1. The van der Waals surface area contributed by atoms with Gasteiger partial charge in [0.25, 0.3) is 0 Å². The first-order valence-electron chi connectivity index (χ1n) is 8.43. The maximum Gasteiger partial charge on any atom is 0.150 e. The Hall–Kier alpha value is -2.38. The van der Waals surface area contributed by atoms with Crippen LogP contribution in [0.1, 0.15) is 25.1 Å². The van der Waals surface area contributed by atoms with Crippen molar-refractivity contribution in [3.05, 3.63) is 30.1 Å². The number of benzene rings is 1. The Labute approximate surface area is 147 Å². The lowest BCUT2D eigenvalue weighted by molar-refractivity contribution is 0.485. The van der Waals surface area contributed by atoms with E-state index in [2.05, 4.69) is 17.1 Å². The lowest BCUT2D eigenvalue weighted by Crippen LogP contribution is -2.15. The molecule has 1 aromatic heterocycles. The number of hydrogen-bond acceptors (Lipinski definition) is 5. The molecule has 0 radical (unpaired) electrons. The molecule has 0 spiro atoms. The van der Waals surface area contributed by atoms with Gasteiger partial charge in [-0.3, -0.25) is 0 Å². The van der Waals surface area contributed by atoms with Gasteiger partial charge in [0.15, 0.2) is 9.84 Å². The fraction of sp³-hybridized carbons (Fsp3) is 0.500. The summed E-state index contributed by atoms with van der Waals surface area (Å²) in [5, 5.41) is 18.2. The van der Waals surface area contributed by atoms with Crippen molar-refractivity contribution in [3.8, 4) is 12.1 Å². The Balaban J connectivity index is 1.89. The van der Waals surface area contributed by atoms with Gasteiger partial charge in [0, 0.05) is 19.4 Å². The summed E-state index contributed by atoms with van der Waals surface area (Å²) in [7, 11) is -2.92. The number of hydrogen-bond donors (Lipinski definition) is 0. The molecule has 0 unspecified atom stereocenters. The van der Waals surface area contributed by atoms with Gasteiger partial charge in [-0.25, -0.2) is 13.4 Å². The van der Waals surface area contributed by atoms with Gasteiger partial charge in [-0.1, -0.05) is 12.1 Å². The smallest absolute Gasteiger partial charge is 0.150 e. The Morgan fingerprint density at radius 2 is 2.12 bits per heavy atom. The molecule has 0 aliphatic carbocycles. The molecule has 1 aliphatic rings. The molecule has 1 aliphatic heterocycles. The molecule has 7 heteroatoms. The minimum atomic E-state index is -2.92. The van der Waals surface area contributed by atoms with Crippen LogP contribution in [0.2, 0.25) is 0 Å². The molecule has 2 atom stereocenters. The molecule has 0 N–H and O–H groups in total. The van der Waals surface area contributed by atoms with Crippen molar-refractivity contribution < 1.29 is 8.42 Å². The number of nitriles is 2. The molecule has 0 saturated carbocycles. The highest BCUT2D eigenvalue weighted by Gasteiger charge is 2.29. The third-order valence-corrected chi connectivity index (χ3v) is 6.56. The number of aromatic nitrogens is 2. The van der Waals surface area contributed by atoms with Crippen LogP contribution in [0.25, 0.3) is 11.0 Å². The van der Waals surface area contributed by atoms with Crippen LogP contribution in [0.15, 0.2) is 24.3 Å². The van der Waals surface area contributed by atoms with E-state index in [1.165, 1.54) is 0 Å². The van der Waals surface area contributed by atoms with Gasteiger partial charge >= 0.3 is 0 Å². The van der Waals surface area contributed by atoms with Crippen molar-refractivity contribution in [2.24, 2.45) is 11.8 Å². The predicted molar refractivity (Wildman–Crippen MR) is 94.1 cm³/mol. The Morgan fingerprint density at radius 3 is 2.80 bits per heavy atom. The van der Waals surface area contributed by atoms with Crippen molar-refractivity contribution in [1.29, 1.82) is 10.5 Å². The summed E-state index contributed by atoms with van der Waals surface area (Å²) in [5.41, 5.74) is 1.81. The van der Waals surface area contributed by atoms with Crippen LogP contribution in [-0.4, -0.2) is 29.5 Å². The quantitative estimate of drug-likeness (QED) is 0.791. The van der Waals surface area contributed by atoms with Crippen LogP contribution >= 0.6 is 0 Å². The van der Waals surface area contributed by atoms with Crippen molar-refractivity contribution in [2.45, 2.75) is 32.2 Å². The Bertz CT molecular complexity index is 950. The second kappa shape index (κ2) is 7.25. The summed E-state index contributed by atoms with van der Waals surface area (Å²) in [5.74, 6) is 1.12. The van der Waals surface area contributed by atoms with Gasteiger partial charge in [0.2, 0.25) is 0 Å². The van der Waals surface area contributed by atoms with E-state index >= 15 is 0 Å².